The Balaban J connectivity index is 2.55. The first-order chi connectivity index (χ1) is 8.99. The Kier molecular flexibility index (Phi) is 6.78. The van der Waals surface area contributed by atoms with Gasteiger partial charge in [-0.15, -0.1) is 0 Å². The second-order valence-corrected chi connectivity index (χ2v) is 6.98. The minimum absolute atomic E-state index is 0.135. The molecule has 0 saturated carbocycles. The van der Waals surface area contributed by atoms with Gasteiger partial charge in [0.25, 0.3) is 0 Å². The van der Waals surface area contributed by atoms with Crippen LogP contribution in [0.3, 0.4) is 0 Å². The summed E-state index contributed by atoms with van der Waals surface area (Å²) >= 11 is 3.40. The molecule has 0 amide bonds. The fourth-order valence-electron chi connectivity index (χ4n) is 1.45. The van der Waals surface area contributed by atoms with E-state index in [1.807, 2.05) is 0 Å². The Morgan fingerprint density at radius 1 is 1.26 bits per heavy atom. The zero-order valence-corrected chi connectivity index (χ0v) is 13.3. The Hall–Kier alpha value is -0.630. The van der Waals surface area contributed by atoms with Gasteiger partial charge in [0.15, 0.2) is 0 Å². The first kappa shape index (κ1) is 16.4. The summed E-state index contributed by atoms with van der Waals surface area (Å²) in [6.07, 6.45) is 0.656. The average Bonchev–Trinajstić information content (AvgIpc) is 2.39. The highest BCUT2D eigenvalue weighted by atomic mass is 79.9. The maximum atomic E-state index is 12.0. The molecule has 5 nitrogen and oxygen atoms in total. The van der Waals surface area contributed by atoms with Crippen LogP contribution in [0, 0.1) is 0 Å². The molecule has 0 radical (unpaired) electrons. The molecule has 0 fully saturated rings. The van der Waals surface area contributed by atoms with Gasteiger partial charge in [-0.3, -0.25) is 0 Å². The second-order valence-electron chi connectivity index (χ2n) is 3.91. The number of hydrogen-bond acceptors (Lipinski definition) is 4. The Labute approximate surface area is 122 Å². The van der Waals surface area contributed by atoms with Crippen LogP contribution in [0.2, 0.25) is 0 Å². The standard InChI is InChI=1S/C12H18BrNO4S/c1-17-9-10(13)7-8-14-19(15,16)12-5-3-11(18-2)4-6-12/h3-6,10,14H,7-9H2,1-2H3. The molecule has 0 aliphatic heterocycles. The quantitative estimate of drug-likeness (QED) is 0.725. The van der Waals surface area contributed by atoms with E-state index in [2.05, 4.69) is 20.7 Å². The highest BCUT2D eigenvalue weighted by Gasteiger charge is 2.14. The van der Waals surface area contributed by atoms with Gasteiger partial charge in [-0.2, -0.15) is 0 Å². The molecule has 1 atom stereocenters. The number of hydrogen-bond donors (Lipinski definition) is 1. The van der Waals surface area contributed by atoms with Crippen LogP contribution >= 0.6 is 15.9 Å². The van der Waals surface area contributed by atoms with Gasteiger partial charge in [0.2, 0.25) is 10.0 Å². The average molecular weight is 352 g/mol. The monoisotopic (exact) mass is 351 g/mol. The molecule has 19 heavy (non-hydrogen) atoms. The fourth-order valence-corrected chi connectivity index (χ4v) is 2.99. The van der Waals surface area contributed by atoms with Crippen molar-refractivity contribution in [2.75, 3.05) is 27.4 Å². The van der Waals surface area contributed by atoms with E-state index < -0.39 is 10.0 Å². The van der Waals surface area contributed by atoms with Crippen molar-refractivity contribution in [2.45, 2.75) is 16.1 Å². The SMILES string of the molecule is COCC(Br)CCNS(=O)(=O)c1ccc(OC)cc1. The fraction of sp³-hybridized carbons (Fsp3) is 0.500. The molecule has 0 aliphatic carbocycles. The Morgan fingerprint density at radius 3 is 2.42 bits per heavy atom. The van der Waals surface area contributed by atoms with Crippen LogP contribution in [0.25, 0.3) is 0 Å². The molecule has 108 valence electrons. The summed E-state index contributed by atoms with van der Waals surface area (Å²) < 4.78 is 36.4. The van der Waals surface area contributed by atoms with Crippen molar-refractivity contribution >= 4 is 26.0 Å². The summed E-state index contributed by atoms with van der Waals surface area (Å²) in [5.41, 5.74) is 0. The van der Waals surface area contributed by atoms with Gasteiger partial charge in [-0.25, -0.2) is 13.1 Å². The topological polar surface area (TPSA) is 64.6 Å². The lowest BCUT2D eigenvalue weighted by atomic mass is 10.3. The van der Waals surface area contributed by atoms with Crippen LogP contribution in [0.5, 0.6) is 5.75 Å². The zero-order chi connectivity index (χ0) is 14.3. The van der Waals surface area contributed by atoms with Crippen molar-refractivity contribution in [3.05, 3.63) is 24.3 Å². The molecule has 7 heteroatoms. The first-order valence-corrected chi connectivity index (χ1v) is 8.16. The van der Waals surface area contributed by atoms with E-state index in [0.29, 0.717) is 25.3 Å². The number of alkyl halides is 1. The lowest BCUT2D eigenvalue weighted by molar-refractivity contribution is 0.199. The van der Waals surface area contributed by atoms with E-state index in [1.54, 1.807) is 19.2 Å². The molecule has 1 unspecified atom stereocenters. The van der Waals surface area contributed by atoms with E-state index in [1.165, 1.54) is 19.2 Å². The van der Waals surface area contributed by atoms with Gasteiger partial charge < -0.3 is 9.47 Å². The van der Waals surface area contributed by atoms with Crippen LogP contribution in [0.4, 0.5) is 0 Å². The minimum Gasteiger partial charge on any atom is -0.497 e. The normalized spacial score (nSPS) is 13.2. The van der Waals surface area contributed by atoms with E-state index in [9.17, 15) is 8.42 Å². The lowest BCUT2D eigenvalue weighted by Crippen LogP contribution is -2.27. The molecule has 0 aliphatic rings. The molecule has 0 aromatic heterocycles. The van der Waals surface area contributed by atoms with Gasteiger partial charge in [-0.05, 0) is 30.7 Å². The van der Waals surface area contributed by atoms with Crippen molar-refractivity contribution in [2.24, 2.45) is 0 Å². The highest BCUT2D eigenvalue weighted by Crippen LogP contribution is 2.15. The molecule has 1 N–H and O–H groups in total. The summed E-state index contributed by atoms with van der Waals surface area (Å²) in [5, 5.41) is 0. The molecular formula is C12H18BrNO4S. The molecule has 1 rings (SSSR count). The van der Waals surface area contributed by atoms with Crippen LogP contribution < -0.4 is 9.46 Å². The van der Waals surface area contributed by atoms with Crippen molar-refractivity contribution < 1.29 is 17.9 Å². The first-order valence-electron chi connectivity index (χ1n) is 5.76. The predicted octanol–water partition coefficient (Wildman–Crippen LogP) is 1.77. The largest absolute Gasteiger partial charge is 0.497 e. The Bertz CT molecular complexity index is 475. The van der Waals surface area contributed by atoms with Gasteiger partial charge in [0.1, 0.15) is 5.75 Å². The van der Waals surface area contributed by atoms with Gasteiger partial charge in [-0.1, -0.05) is 15.9 Å². The van der Waals surface area contributed by atoms with Gasteiger partial charge in [0, 0.05) is 18.5 Å². The molecule has 0 spiro atoms. The highest BCUT2D eigenvalue weighted by molar-refractivity contribution is 9.09. The predicted molar refractivity (Wildman–Crippen MR) is 77.4 cm³/mol. The van der Waals surface area contributed by atoms with Crippen LogP contribution in [0.1, 0.15) is 6.42 Å². The van der Waals surface area contributed by atoms with E-state index in [0.717, 1.165) is 0 Å². The van der Waals surface area contributed by atoms with E-state index in [-0.39, 0.29) is 9.72 Å². The molecule has 0 bridgehead atoms. The van der Waals surface area contributed by atoms with Crippen LogP contribution in [-0.4, -0.2) is 40.6 Å². The summed E-state index contributed by atoms with van der Waals surface area (Å²) in [6.45, 7) is 0.901. The zero-order valence-electron chi connectivity index (χ0n) is 10.9. The number of benzene rings is 1. The van der Waals surface area contributed by atoms with Crippen molar-refractivity contribution in [1.82, 2.24) is 4.72 Å². The number of nitrogens with one attached hydrogen (secondary N) is 1. The van der Waals surface area contributed by atoms with Crippen molar-refractivity contribution in [3.8, 4) is 5.75 Å². The van der Waals surface area contributed by atoms with Gasteiger partial charge in [0.05, 0.1) is 18.6 Å². The summed E-state index contributed by atoms with van der Waals surface area (Å²) in [6, 6.07) is 6.27. The second kappa shape index (κ2) is 7.84. The Morgan fingerprint density at radius 2 is 1.89 bits per heavy atom. The number of methoxy groups -OCH3 is 2. The summed E-state index contributed by atoms with van der Waals surface area (Å²) in [4.78, 5) is 0.363. The third-order valence-electron chi connectivity index (χ3n) is 2.47. The molecule has 0 saturated heterocycles. The van der Waals surface area contributed by atoms with Crippen molar-refractivity contribution in [1.29, 1.82) is 0 Å². The summed E-state index contributed by atoms with van der Waals surface area (Å²) in [7, 11) is -0.321. The maximum absolute atomic E-state index is 12.0. The van der Waals surface area contributed by atoms with Crippen LogP contribution in [0.15, 0.2) is 29.2 Å². The van der Waals surface area contributed by atoms with Gasteiger partial charge >= 0.3 is 0 Å². The minimum atomic E-state index is -3.46. The molecule has 1 aromatic rings. The van der Waals surface area contributed by atoms with E-state index in [4.69, 9.17) is 9.47 Å². The maximum Gasteiger partial charge on any atom is 0.240 e. The lowest BCUT2D eigenvalue weighted by Gasteiger charge is -2.10. The number of ether oxygens (including phenoxy) is 2. The third kappa shape index (κ3) is 5.48. The molecule has 0 heterocycles. The van der Waals surface area contributed by atoms with E-state index >= 15 is 0 Å². The molecule has 1 aromatic carbocycles. The number of sulfonamides is 1. The molecular weight excluding hydrogens is 334 g/mol. The third-order valence-corrected chi connectivity index (χ3v) is 4.67. The summed E-state index contributed by atoms with van der Waals surface area (Å²) in [5.74, 6) is 0.625. The number of halogens is 1. The number of rotatable bonds is 8. The van der Waals surface area contributed by atoms with Crippen LogP contribution in [-0.2, 0) is 14.8 Å². The van der Waals surface area contributed by atoms with Crippen molar-refractivity contribution in [3.63, 3.8) is 0 Å². The smallest absolute Gasteiger partial charge is 0.240 e.